The molecular weight excluding hydrogens is 509 g/mol. The Morgan fingerprint density at radius 3 is 2.81 bits per heavy atom. The number of carbonyl (C=O) groups excluding carboxylic acids is 1. The predicted octanol–water partition coefficient (Wildman–Crippen LogP) is 3.87. The van der Waals surface area contributed by atoms with Crippen molar-refractivity contribution in [2.45, 2.75) is 25.0 Å². The van der Waals surface area contributed by atoms with Crippen LogP contribution in [0, 0.1) is 5.82 Å². The van der Waals surface area contributed by atoms with Crippen LogP contribution in [0.4, 0.5) is 15.3 Å². The van der Waals surface area contributed by atoms with E-state index in [1.807, 2.05) is 5.38 Å². The first-order chi connectivity index (χ1) is 17.4. The minimum Gasteiger partial charge on any atom is -0.478 e. The maximum Gasteiger partial charge on any atom is 0.335 e. The van der Waals surface area contributed by atoms with Gasteiger partial charge in [0.25, 0.3) is 5.91 Å². The Bertz CT molecular complexity index is 1290. The molecule has 2 atom stereocenters. The Kier molecular flexibility index (Phi) is 6.89. The SMILES string of the molecule is COCN(c1cc(C(=O)O)cc(CN2C[C@H]3C[C@@H]2CN3C(=O)c2cccc(Cl)c2F)n1)c1nccs1. The summed E-state index contributed by atoms with van der Waals surface area (Å²) in [4.78, 5) is 39.5. The standard InChI is InChI=1S/C24H23ClFN5O4S/c1-35-13-31(24-27-5-6-36-24)20-8-14(23(33)34)7-15(28-20)10-29-11-17-9-16(29)12-30(17)22(32)18-3-2-4-19(25)21(18)26/h2-8,16-17H,9-13H2,1H3,(H,33,34)/t16-,17-/m1/s1. The van der Waals surface area contributed by atoms with Crippen molar-refractivity contribution in [1.29, 1.82) is 0 Å². The lowest BCUT2D eigenvalue weighted by atomic mass is 10.1. The highest BCUT2D eigenvalue weighted by molar-refractivity contribution is 7.13. The number of pyridine rings is 1. The van der Waals surface area contributed by atoms with Gasteiger partial charge in [0, 0.05) is 50.4 Å². The number of carboxylic acids is 1. The van der Waals surface area contributed by atoms with Gasteiger partial charge in [-0.15, -0.1) is 11.3 Å². The molecule has 1 amide bonds. The number of methoxy groups -OCH3 is 1. The van der Waals surface area contributed by atoms with E-state index in [4.69, 9.17) is 21.3 Å². The Balaban J connectivity index is 1.34. The molecule has 3 aromatic rings. The van der Waals surface area contributed by atoms with E-state index in [-0.39, 0.29) is 40.9 Å². The number of anilines is 2. The van der Waals surface area contributed by atoms with Crippen LogP contribution in [0.3, 0.4) is 0 Å². The normalized spacial score (nSPS) is 19.1. The van der Waals surface area contributed by atoms with E-state index in [1.54, 1.807) is 35.2 Å². The lowest BCUT2D eigenvalue weighted by molar-refractivity contribution is 0.0608. The minimum absolute atomic E-state index is 0.0255. The monoisotopic (exact) mass is 531 g/mol. The summed E-state index contributed by atoms with van der Waals surface area (Å²) in [6.07, 6.45) is 2.42. The minimum atomic E-state index is -1.06. The third-order valence-electron chi connectivity index (χ3n) is 6.46. The third kappa shape index (κ3) is 4.66. The van der Waals surface area contributed by atoms with E-state index < -0.39 is 11.8 Å². The van der Waals surface area contributed by atoms with Crippen LogP contribution in [-0.2, 0) is 11.3 Å². The van der Waals surface area contributed by atoms with E-state index in [2.05, 4.69) is 9.88 Å². The highest BCUT2D eigenvalue weighted by Crippen LogP contribution is 2.34. The van der Waals surface area contributed by atoms with Crippen molar-refractivity contribution in [1.82, 2.24) is 19.8 Å². The van der Waals surface area contributed by atoms with Crippen LogP contribution in [0.25, 0.3) is 0 Å². The summed E-state index contributed by atoms with van der Waals surface area (Å²) in [7, 11) is 1.55. The summed E-state index contributed by atoms with van der Waals surface area (Å²) in [5.41, 5.74) is 0.682. The lowest BCUT2D eigenvalue weighted by Gasteiger charge is -2.34. The lowest BCUT2D eigenvalue weighted by Crippen LogP contribution is -2.48. The van der Waals surface area contributed by atoms with Crippen LogP contribution < -0.4 is 4.90 Å². The molecule has 1 N–H and O–H groups in total. The average Bonchev–Trinajstić information content (AvgIpc) is 3.61. The number of fused-ring (bicyclic) bond motifs is 2. The maximum absolute atomic E-state index is 14.4. The fourth-order valence-corrected chi connectivity index (χ4v) is 5.65. The molecule has 5 rings (SSSR count). The first kappa shape index (κ1) is 24.6. The number of aromatic nitrogens is 2. The molecule has 12 heteroatoms. The van der Waals surface area contributed by atoms with E-state index in [0.717, 1.165) is 6.42 Å². The van der Waals surface area contributed by atoms with Crippen molar-refractivity contribution >= 4 is 45.8 Å². The molecule has 9 nitrogen and oxygen atoms in total. The molecule has 4 heterocycles. The number of hydrogen-bond donors (Lipinski definition) is 1. The number of piperazine rings is 1. The second-order valence-corrected chi connectivity index (χ2v) is 9.98. The molecule has 188 valence electrons. The Morgan fingerprint density at radius 1 is 1.31 bits per heavy atom. The molecule has 0 radical (unpaired) electrons. The number of likely N-dealkylation sites (tertiary alicyclic amines) is 2. The van der Waals surface area contributed by atoms with Gasteiger partial charge < -0.3 is 14.7 Å². The van der Waals surface area contributed by atoms with E-state index in [0.29, 0.717) is 36.3 Å². The number of hydrogen-bond acceptors (Lipinski definition) is 8. The maximum atomic E-state index is 14.4. The Morgan fingerprint density at radius 2 is 2.14 bits per heavy atom. The molecule has 2 aliphatic heterocycles. The molecule has 2 saturated heterocycles. The van der Waals surface area contributed by atoms with E-state index in [1.165, 1.54) is 29.5 Å². The van der Waals surface area contributed by atoms with Gasteiger partial charge in [0.05, 0.1) is 21.8 Å². The fraction of sp³-hybridized carbons (Fsp3) is 0.333. The smallest absolute Gasteiger partial charge is 0.335 e. The molecule has 2 aliphatic rings. The molecule has 2 fully saturated rings. The second kappa shape index (κ2) is 10.1. The van der Waals surface area contributed by atoms with Crippen LogP contribution in [0.2, 0.25) is 5.02 Å². The predicted molar refractivity (Wildman–Crippen MR) is 132 cm³/mol. The average molecular weight is 532 g/mol. The molecule has 36 heavy (non-hydrogen) atoms. The molecule has 1 aromatic carbocycles. The van der Waals surface area contributed by atoms with Crippen molar-refractivity contribution in [2.75, 3.05) is 31.8 Å². The van der Waals surface area contributed by atoms with Crippen LogP contribution >= 0.6 is 22.9 Å². The zero-order valence-corrected chi connectivity index (χ0v) is 20.9. The highest BCUT2D eigenvalue weighted by Gasteiger charge is 2.45. The number of amides is 1. The quantitative estimate of drug-likeness (QED) is 0.437. The van der Waals surface area contributed by atoms with Crippen molar-refractivity contribution in [3.05, 3.63) is 69.6 Å². The van der Waals surface area contributed by atoms with Gasteiger partial charge in [-0.25, -0.2) is 19.2 Å². The molecule has 0 spiro atoms. The number of nitrogens with zero attached hydrogens (tertiary/aromatic N) is 5. The molecule has 0 saturated carbocycles. The summed E-state index contributed by atoms with van der Waals surface area (Å²) in [6, 6.07) is 7.50. The van der Waals surface area contributed by atoms with Crippen LogP contribution in [0.1, 0.15) is 32.8 Å². The fourth-order valence-electron chi connectivity index (χ4n) is 4.84. The number of benzene rings is 1. The number of thiazole rings is 1. The zero-order chi connectivity index (χ0) is 25.4. The summed E-state index contributed by atoms with van der Waals surface area (Å²) in [5.74, 6) is -1.69. The van der Waals surface area contributed by atoms with Crippen LogP contribution in [0.5, 0.6) is 0 Å². The van der Waals surface area contributed by atoms with Crippen molar-refractivity contribution in [3.8, 4) is 0 Å². The Hall–Kier alpha value is -3.12. The zero-order valence-electron chi connectivity index (χ0n) is 19.3. The Labute approximate surface area is 215 Å². The topological polar surface area (TPSA) is 99.1 Å². The van der Waals surface area contributed by atoms with Crippen molar-refractivity contribution in [3.63, 3.8) is 0 Å². The number of rotatable bonds is 8. The van der Waals surface area contributed by atoms with E-state index >= 15 is 0 Å². The summed E-state index contributed by atoms with van der Waals surface area (Å²) in [6.45, 7) is 1.62. The molecule has 2 aromatic heterocycles. The summed E-state index contributed by atoms with van der Waals surface area (Å²) in [5, 5.41) is 12.1. The second-order valence-electron chi connectivity index (χ2n) is 8.70. The highest BCUT2D eigenvalue weighted by atomic mass is 35.5. The molecule has 0 aliphatic carbocycles. The molecule has 2 bridgehead atoms. The van der Waals surface area contributed by atoms with Gasteiger partial charge in [-0.1, -0.05) is 17.7 Å². The number of carboxylic acid groups (broad SMARTS) is 1. The van der Waals surface area contributed by atoms with Gasteiger partial charge in [0.1, 0.15) is 12.5 Å². The third-order valence-corrected chi connectivity index (χ3v) is 7.55. The van der Waals surface area contributed by atoms with Crippen molar-refractivity contribution in [2.24, 2.45) is 0 Å². The van der Waals surface area contributed by atoms with E-state index in [9.17, 15) is 19.1 Å². The van der Waals surface area contributed by atoms with Gasteiger partial charge in [0.2, 0.25) is 0 Å². The van der Waals surface area contributed by atoms with Gasteiger partial charge >= 0.3 is 5.97 Å². The largest absolute Gasteiger partial charge is 0.478 e. The van der Waals surface area contributed by atoms with Crippen LogP contribution in [-0.4, -0.2) is 75.8 Å². The number of carbonyl (C=O) groups is 2. The summed E-state index contributed by atoms with van der Waals surface area (Å²) < 4.78 is 19.7. The van der Waals surface area contributed by atoms with Gasteiger partial charge in [-0.05, 0) is 30.7 Å². The van der Waals surface area contributed by atoms with Gasteiger partial charge in [-0.3, -0.25) is 14.6 Å². The van der Waals surface area contributed by atoms with Gasteiger partial charge in [0.15, 0.2) is 10.9 Å². The first-order valence-electron chi connectivity index (χ1n) is 11.2. The van der Waals surface area contributed by atoms with Crippen LogP contribution in [0.15, 0.2) is 41.9 Å². The first-order valence-corrected chi connectivity index (χ1v) is 12.5. The van der Waals surface area contributed by atoms with Gasteiger partial charge in [-0.2, -0.15) is 0 Å². The number of aromatic carboxylic acids is 1. The number of halogens is 2. The number of ether oxygens (including phenoxy) is 1. The molecular formula is C24H23ClFN5O4S. The van der Waals surface area contributed by atoms with Crippen molar-refractivity contribution < 1.29 is 23.8 Å². The summed E-state index contributed by atoms with van der Waals surface area (Å²) >= 11 is 7.26. The molecule has 0 unspecified atom stereocenters.